The Balaban J connectivity index is 1.80. The van der Waals surface area contributed by atoms with Crippen molar-refractivity contribution >= 4 is 16.7 Å². The maximum atomic E-state index is 13.2. The molecule has 0 fully saturated rings. The van der Waals surface area contributed by atoms with Crippen molar-refractivity contribution in [2.45, 2.75) is 12.6 Å². The zero-order valence-corrected chi connectivity index (χ0v) is 18.9. The lowest BCUT2D eigenvalue weighted by atomic mass is 9.96. The molecule has 0 bridgehead atoms. The standard InChI is InChI=1S/C27H26N2O4/c1-29-23(17-28-26(30)25(33-3)19-12-8-5-9-13-19)24(18-10-6-4-7-11-18)22-16-20(32-2)14-15-21(22)27(29)31/h4-16,25H,17H2,1-3H3,(H,28,30). The number of hydrogen-bond donors (Lipinski definition) is 1. The monoisotopic (exact) mass is 442 g/mol. The molecule has 0 aliphatic carbocycles. The number of fused-ring (bicyclic) bond motifs is 1. The summed E-state index contributed by atoms with van der Waals surface area (Å²) in [6.45, 7) is 0.161. The van der Waals surface area contributed by atoms with E-state index in [2.05, 4.69) is 5.32 Å². The molecule has 0 saturated heterocycles. The van der Waals surface area contributed by atoms with Crippen LogP contribution in [0.15, 0.2) is 83.7 Å². The molecule has 1 aromatic heterocycles. The van der Waals surface area contributed by atoms with Gasteiger partial charge in [0.1, 0.15) is 5.75 Å². The largest absolute Gasteiger partial charge is 0.497 e. The second-order valence-corrected chi connectivity index (χ2v) is 7.71. The highest BCUT2D eigenvalue weighted by molar-refractivity contribution is 5.98. The number of pyridine rings is 1. The predicted octanol–water partition coefficient (Wildman–Crippen LogP) is 4.22. The Morgan fingerprint density at radius 3 is 2.24 bits per heavy atom. The van der Waals surface area contributed by atoms with E-state index >= 15 is 0 Å². The number of ether oxygens (including phenoxy) is 2. The zero-order chi connectivity index (χ0) is 23.4. The van der Waals surface area contributed by atoms with Gasteiger partial charge in [-0.15, -0.1) is 0 Å². The lowest BCUT2D eigenvalue weighted by molar-refractivity contribution is -0.131. The Kier molecular flexibility index (Phi) is 6.56. The van der Waals surface area contributed by atoms with Crippen LogP contribution in [0.4, 0.5) is 0 Å². The van der Waals surface area contributed by atoms with Crippen LogP contribution >= 0.6 is 0 Å². The SMILES string of the molecule is COc1ccc2c(=O)n(C)c(CNC(=O)C(OC)c3ccccc3)c(-c3ccccc3)c2c1. The van der Waals surface area contributed by atoms with E-state index in [-0.39, 0.29) is 18.0 Å². The zero-order valence-electron chi connectivity index (χ0n) is 18.9. The summed E-state index contributed by atoms with van der Waals surface area (Å²) in [7, 11) is 4.83. The molecule has 1 atom stereocenters. The van der Waals surface area contributed by atoms with Crippen LogP contribution in [0.3, 0.4) is 0 Å². The third-order valence-corrected chi connectivity index (χ3v) is 5.79. The summed E-state index contributed by atoms with van der Waals surface area (Å²) in [5, 5.41) is 4.33. The normalized spacial score (nSPS) is 11.8. The molecule has 168 valence electrons. The van der Waals surface area contributed by atoms with Crippen LogP contribution in [0.25, 0.3) is 21.9 Å². The van der Waals surface area contributed by atoms with Crippen LogP contribution in [0.5, 0.6) is 5.75 Å². The van der Waals surface area contributed by atoms with Crippen molar-refractivity contribution in [3.63, 3.8) is 0 Å². The molecular formula is C27H26N2O4. The molecule has 3 aromatic carbocycles. The van der Waals surface area contributed by atoms with Gasteiger partial charge in [-0.05, 0) is 29.3 Å². The van der Waals surface area contributed by atoms with Crippen LogP contribution in [-0.2, 0) is 23.1 Å². The number of carbonyl (C=O) groups excluding carboxylic acids is 1. The number of benzene rings is 3. The predicted molar refractivity (Wildman–Crippen MR) is 129 cm³/mol. The number of hydrogen-bond acceptors (Lipinski definition) is 4. The number of nitrogens with one attached hydrogen (secondary N) is 1. The van der Waals surface area contributed by atoms with Crippen molar-refractivity contribution < 1.29 is 14.3 Å². The molecule has 0 aliphatic heterocycles. The summed E-state index contributed by atoms with van der Waals surface area (Å²) in [6, 6.07) is 24.6. The molecule has 1 N–H and O–H groups in total. The minimum absolute atomic E-state index is 0.136. The molecule has 0 radical (unpaired) electrons. The summed E-state index contributed by atoms with van der Waals surface area (Å²) in [6.07, 6.45) is -0.746. The molecule has 6 nitrogen and oxygen atoms in total. The maximum absolute atomic E-state index is 13.2. The topological polar surface area (TPSA) is 69.6 Å². The first-order chi connectivity index (χ1) is 16.0. The van der Waals surface area contributed by atoms with E-state index < -0.39 is 6.10 Å². The molecular weight excluding hydrogens is 416 g/mol. The summed E-state index contributed by atoms with van der Waals surface area (Å²) < 4.78 is 12.5. The average molecular weight is 443 g/mol. The fraction of sp³-hybridized carbons (Fsp3) is 0.185. The Morgan fingerprint density at radius 2 is 1.61 bits per heavy atom. The van der Waals surface area contributed by atoms with E-state index in [1.54, 1.807) is 30.9 Å². The maximum Gasteiger partial charge on any atom is 0.258 e. The summed E-state index contributed by atoms with van der Waals surface area (Å²) >= 11 is 0. The number of rotatable bonds is 7. The molecule has 6 heteroatoms. The van der Waals surface area contributed by atoms with Crippen molar-refractivity contribution in [1.29, 1.82) is 0 Å². The van der Waals surface area contributed by atoms with E-state index in [9.17, 15) is 9.59 Å². The Hall–Kier alpha value is -3.90. The van der Waals surface area contributed by atoms with Gasteiger partial charge < -0.3 is 19.4 Å². The van der Waals surface area contributed by atoms with Crippen molar-refractivity contribution in [3.05, 3.63) is 100 Å². The number of nitrogens with zero attached hydrogens (tertiary/aromatic N) is 1. The molecule has 4 aromatic rings. The highest BCUT2D eigenvalue weighted by atomic mass is 16.5. The fourth-order valence-corrected chi connectivity index (χ4v) is 4.09. The van der Waals surface area contributed by atoms with Gasteiger partial charge in [-0.3, -0.25) is 9.59 Å². The van der Waals surface area contributed by atoms with Gasteiger partial charge in [-0.1, -0.05) is 60.7 Å². The van der Waals surface area contributed by atoms with Gasteiger partial charge in [0, 0.05) is 36.2 Å². The Morgan fingerprint density at radius 1 is 0.939 bits per heavy atom. The summed E-state index contributed by atoms with van der Waals surface area (Å²) in [5.74, 6) is 0.382. The molecule has 1 unspecified atom stereocenters. The summed E-state index contributed by atoms with van der Waals surface area (Å²) in [4.78, 5) is 26.2. The summed E-state index contributed by atoms with van der Waals surface area (Å²) in [5.41, 5.74) is 3.15. The van der Waals surface area contributed by atoms with Crippen LogP contribution in [-0.4, -0.2) is 24.7 Å². The van der Waals surface area contributed by atoms with Crippen molar-refractivity contribution in [2.75, 3.05) is 14.2 Å². The van der Waals surface area contributed by atoms with Gasteiger partial charge in [-0.25, -0.2) is 0 Å². The van der Waals surface area contributed by atoms with E-state index in [1.807, 2.05) is 66.7 Å². The van der Waals surface area contributed by atoms with Gasteiger partial charge in [0.15, 0.2) is 6.10 Å². The second kappa shape index (κ2) is 9.71. The second-order valence-electron chi connectivity index (χ2n) is 7.71. The van der Waals surface area contributed by atoms with Gasteiger partial charge in [0.25, 0.3) is 11.5 Å². The third-order valence-electron chi connectivity index (χ3n) is 5.79. The highest BCUT2D eigenvalue weighted by Gasteiger charge is 2.22. The van der Waals surface area contributed by atoms with Gasteiger partial charge in [-0.2, -0.15) is 0 Å². The molecule has 0 aliphatic rings. The van der Waals surface area contributed by atoms with Crippen LogP contribution in [0.1, 0.15) is 17.4 Å². The third kappa shape index (κ3) is 4.38. The smallest absolute Gasteiger partial charge is 0.258 e. The molecule has 0 spiro atoms. The molecule has 1 amide bonds. The minimum atomic E-state index is -0.746. The number of aromatic nitrogens is 1. The Labute approximate surface area is 192 Å². The lowest BCUT2D eigenvalue weighted by Crippen LogP contribution is -2.33. The van der Waals surface area contributed by atoms with Gasteiger partial charge in [0.05, 0.1) is 13.7 Å². The fourth-order valence-electron chi connectivity index (χ4n) is 4.09. The number of methoxy groups -OCH3 is 2. The van der Waals surface area contributed by atoms with Gasteiger partial charge >= 0.3 is 0 Å². The molecule has 1 heterocycles. The molecule has 0 saturated carbocycles. The highest BCUT2D eigenvalue weighted by Crippen LogP contribution is 2.32. The van der Waals surface area contributed by atoms with Crippen molar-refractivity contribution in [2.24, 2.45) is 7.05 Å². The lowest BCUT2D eigenvalue weighted by Gasteiger charge is -2.20. The van der Waals surface area contributed by atoms with Gasteiger partial charge in [0.2, 0.25) is 0 Å². The van der Waals surface area contributed by atoms with Crippen molar-refractivity contribution in [1.82, 2.24) is 9.88 Å². The first kappa shape index (κ1) is 22.3. The van der Waals surface area contributed by atoms with Crippen LogP contribution in [0, 0.1) is 0 Å². The minimum Gasteiger partial charge on any atom is -0.497 e. The van der Waals surface area contributed by atoms with Crippen LogP contribution in [0.2, 0.25) is 0 Å². The molecule has 4 rings (SSSR count). The Bertz CT molecular complexity index is 1330. The van der Waals surface area contributed by atoms with Crippen LogP contribution < -0.4 is 15.6 Å². The van der Waals surface area contributed by atoms with E-state index in [0.717, 1.165) is 22.1 Å². The molecule has 33 heavy (non-hydrogen) atoms. The van der Waals surface area contributed by atoms with E-state index in [0.29, 0.717) is 16.8 Å². The number of carbonyl (C=O) groups is 1. The quantitative estimate of drug-likeness (QED) is 0.465. The average Bonchev–Trinajstić information content (AvgIpc) is 2.86. The van der Waals surface area contributed by atoms with Crippen molar-refractivity contribution in [3.8, 4) is 16.9 Å². The first-order valence-corrected chi connectivity index (χ1v) is 10.7. The number of amides is 1. The van der Waals surface area contributed by atoms with E-state index in [4.69, 9.17) is 9.47 Å². The van der Waals surface area contributed by atoms with E-state index in [1.165, 1.54) is 7.11 Å². The first-order valence-electron chi connectivity index (χ1n) is 10.7.